The number of thioether (sulfide) groups is 1. The lowest BCUT2D eigenvalue weighted by Gasteiger charge is -2.48. The van der Waals surface area contributed by atoms with E-state index in [9.17, 15) is 19.2 Å². The minimum atomic E-state index is -0.888. The second-order valence-corrected chi connectivity index (χ2v) is 12.1. The number of aromatic nitrogens is 1. The molecule has 0 saturated carbocycles. The van der Waals surface area contributed by atoms with E-state index in [-0.39, 0.29) is 28.7 Å². The highest BCUT2D eigenvalue weighted by molar-refractivity contribution is 8.00. The van der Waals surface area contributed by atoms with Crippen molar-refractivity contribution >= 4 is 57.7 Å². The Hall–Kier alpha value is -3.13. The van der Waals surface area contributed by atoms with Crippen LogP contribution >= 0.6 is 23.1 Å². The Labute approximate surface area is 254 Å². The molecule has 42 heavy (non-hydrogen) atoms. The van der Waals surface area contributed by atoms with Gasteiger partial charge < -0.3 is 25.4 Å². The van der Waals surface area contributed by atoms with Gasteiger partial charge in [0.2, 0.25) is 6.79 Å². The molecule has 14 heteroatoms. The van der Waals surface area contributed by atoms with E-state index in [0.717, 1.165) is 30.6 Å². The van der Waals surface area contributed by atoms with Gasteiger partial charge in [-0.3, -0.25) is 19.3 Å². The summed E-state index contributed by atoms with van der Waals surface area (Å²) in [6.45, 7) is 1.70. The number of nitrogen functional groups attached to an aromatic ring is 1. The van der Waals surface area contributed by atoms with Crippen LogP contribution in [0.3, 0.4) is 0 Å². The Balaban J connectivity index is 1.33. The maximum Gasteiger partial charge on any atom is 0.357 e. The summed E-state index contributed by atoms with van der Waals surface area (Å²) in [7, 11) is 1.29. The average Bonchev–Trinajstić information content (AvgIpc) is 3.42. The van der Waals surface area contributed by atoms with Crippen LogP contribution in [-0.4, -0.2) is 70.4 Å². The molecule has 1 aromatic heterocycles. The Kier molecular flexibility index (Phi) is 14.1. The van der Waals surface area contributed by atoms with E-state index in [4.69, 9.17) is 20.0 Å². The van der Waals surface area contributed by atoms with Gasteiger partial charge in [0.1, 0.15) is 29.9 Å². The number of carbonyl (C=O) groups is 4. The van der Waals surface area contributed by atoms with Crippen LogP contribution in [0.2, 0.25) is 0 Å². The molecule has 0 aliphatic carbocycles. The molecule has 2 aliphatic rings. The fraction of sp³-hybridized carbons (Fsp3) is 0.643. The number of fused-ring (bicyclic) bond motifs is 1. The largest absolute Gasteiger partial charge is 0.428 e. The van der Waals surface area contributed by atoms with Crippen molar-refractivity contribution in [1.29, 1.82) is 0 Å². The summed E-state index contributed by atoms with van der Waals surface area (Å²) >= 11 is 2.51. The van der Waals surface area contributed by atoms with Gasteiger partial charge in [0.15, 0.2) is 10.8 Å². The van der Waals surface area contributed by atoms with Crippen LogP contribution in [0.15, 0.2) is 22.3 Å². The van der Waals surface area contributed by atoms with Crippen molar-refractivity contribution in [2.45, 2.75) is 95.4 Å². The summed E-state index contributed by atoms with van der Waals surface area (Å²) < 4.78 is 10.2. The predicted octanol–water partition coefficient (Wildman–Crippen LogP) is 4.10. The number of carbonyl (C=O) groups excluding carboxylic acids is 4. The van der Waals surface area contributed by atoms with Crippen LogP contribution in [0.25, 0.3) is 0 Å². The Bertz CT molecular complexity index is 1140. The Morgan fingerprint density at radius 3 is 2.36 bits per heavy atom. The van der Waals surface area contributed by atoms with E-state index in [1.165, 1.54) is 75.1 Å². The molecule has 1 fully saturated rings. The molecule has 232 valence electrons. The summed E-state index contributed by atoms with van der Waals surface area (Å²) in [6.07, 6.45) is 14.9. The summed E-state index contributed by atoms with van der Waals surface area (Å²) in [5.41, 5.74) is 5.80. The average molecular weight is 624 g/mol. The first-order valence-corrected chi connectivity index (χ1v) is 16.4. The number of rotatable bonds is 19. The van der Waals surface area contributed by atoms with Crippen molar-refractivity contribution in [3.05, 3.63) is 22.8 Å². The number of nitrogens with one attached hydrogen (secondary N) is 1. The molecular formula is C28H41N5O7S2. The summed E-state index contributed by atoms with van der Waals surface area (Å²) in [6, 6.07) is -0.888. The number of unbranched alkanes of at least 4 members (excludes halogenated alkanes) is 10. The molecule has 0 aromatic carbocycles. The van der Waals surface area contributed by atoms with E-state index >= 15 is 0 Å². The number of nitrogens with zero attached hydrogens (tertiary/aromatic N) is 3. The van der Waals surface area contributed by atoms with Gasteiger partial charge in [-0.25, -0.2) is 9.78 Å². The smallest absolute Gasteiger partial charge is 0.357 e. The molecule has 2 aliphatic heterocycles. The van der Waals surface area contributed by atoms with Gasteiger partial charge in [-0.2, -0.15) is 0 Å². The van der Waals surface area contributed by atoms with Gasteiger partial charge in [-0.1, -0.05) is 76.3 Å². The fourth-order valence-electron chi connectivity index (χ4n) is 4.66. The number of oxime groups is 1. The lowest BCUT2D eigenvalue weighted by Crippen LogP contribution is -2.70. The van der Waals surface area contributed by atoms with Gasteiger partial charge in [0.05, 0.1) is 0 Å². The number of β-lactam (4-membered cyclic amide) rings is 1. The van der Waals surface area contributed by atoms with E-state index < -0.39 is 42.0 Å². The topological polar surface area (TPSA) is 163 Å². The molecule has 12 nitrogen and oxygen atoms in total. The van der Waals surface area contributed by atoms with Crippen molar-refractivity contribution in [2.75, 3.05) is 25.4 Å². The van der Waals surface area contributed by atoms with E-state index in [0.29, 0.717) is 5.75 Å². The minimum absolute atomic E-state index is 0.0497. The number of hydrogen-bond acceptors (Lipinski definition) is 12. The maximum atomic E-state index is 12.9. The Morgan fingerprint density at radius 2 is 1.74 bits per heavy atom. The van der Waals surface area contributed by atoms with E-state index in [2.05, 4.69) is 22.4 Å². The molecule has 3 N–H and O–H groups in total. The molecule has 0 spiro atoms. The van der Waals surface area contributed by atoms with Gasteiger partial charge in [-0.15, -0.1) is 23.1 Å². The normalized spacial score (nSPS) is 18.0. The number of ether oxygens (including phenoxy) is 2. The fourth-order valence-corrected chi connectivity index (χ4v) is 6.40. The van der Waals surface area contributed by atoms with Crippen molar-refractivity contribution in [3.63, 3.8) is 0 Å². The van der Waals surface area contributed by atoms with Crippen LogP contribution in [0.1, 0.15) is 89.7 Å². The lowest BCUT2D eigenvalue weighted by atomic mass is 10.0. The standard InChI is InChI=1S/C28H41N5O7S2/c1-3-4-5-6-7-8-9-10-11-12-13-14-21(34)39-18-40-27(37)20-15-16-41-26-23(25(36)33(20)26)31-24(35)22(32-38-2)19-17-42-28(29)30-19/h15,17,23,26H,3-14,16,18H2,1-2H3,(H2,29,30)(H,31,35)/b32-22-/t23?,26-/m1/s1. The van der Waals surface area contributed by atoms with Crippen LogP contribution in [0.5, 0.6) is 0 Å². The summed E-state index contributed by atoms with van der Waals surface area (Å²) in [5, 5.41) is 7.65. The highest BCUT2D eigenvalue weighted by Gasteiger charge is 2.53. The zero-order chi connectivity index (χ0) is 30.3. The third kappa shape index (κ3) is 9.72. The highest BCUT2D eigenvalue weighted by atomic mass is 32.2. The summed E-state index contributed by atoms with van der Waals surface area (Å²) in [4.78, 5) is 60.5. The van der Waals surface area contributed by atoms with Crippen molar-refractivity contribution in [2.24, 2.45) is 5.16 Å². The monoisotopic (exact) mass is 623 g/mol. The molecule has 2 atom stereocenters. The molecule has 0 bridgehead atoms. The number of amides is 2. The molecule has 3 rings (SSSR count). The molecule has 0 radical (unpaired) electrons. The predicted molar refractivity (Wildman–Crippen MR) is 161 cm³/mol. The van der Waals surface area contributed by atoms with Crippen molar-refractivity contribution in [1.82, 2.24) is 15.2 Å². The van der Waals surface area contributed by atoms with Gasteiger partial charge in [0, 0.05) is 17.6 Å². The van der Waals surface area contributed by atoms with Crippen LogP contribution in [0, 0.1) is 0 Å². The first-order valence-electron chi connectivity index (χ1n) is 14.5. The third-order valence-corrected chi connectivity index (χ3v) is 8.76. The molecule has 1 aromatic rings. The quantitative estimate of drug-likeness (QED) is 0.0573. The van der Waals surface area contributed by atoms with Crippen molar-refractivity contribution in [3.8, 4) is 0 Å². The molecular weight excluding hydrogens is 582 g/mol. The molecule has 1 unspecified atom stereocenters. The number of hydrogen-bond donors (Lipinski definition) is 2. The minimum Gasteiger partial charge on any atom is -0.428 e. The number of anilines is 1. The van der Waals surface area contributed by atoms with Crippen LogP contribution < -0.4 is 11.1 Å². The number of nitrogens with two attached hydrogens (primary N) is 1. The van der Waals surface area contributed by atoms with Gasteiger partial charge in [-0.05, 0) is 12.5 Å². The number of thiazole rings is 1. The highest BCUT2D eigenvalue weighted by Crippen LogP contribution is 2.37. The Morgan fingerprint density at radius 1 is 1.07 bits per heavy atom. The number of esters is 2. The second-order valence-electron chi connectivity index (χ2n) is 10.0. The zero-order valence-electron chi connectivity index (χ0n) is 24.3. The van der Waals surface area contributed by atoms with Crippen LogP contribution in [-0.2, 0) is 33.5 Å². The summed E-state index contributed by atoms with van der Waals surface area (Å²) in [5.74, 6) is -1.93. The zero-order valence-corrected chi connectivity index (χ0v) is 25.9. The van der Waals surface area contributed by atoms with Crippen LogP contribution in [0.4, 0.5) is 5.13 Å². The maximum absolute atomic E-state index is 12.9. The van der Waals surface area contributed by atoms with E-state index in [1.54, 1.807) is 11.5 Å². The SMILES string of the molecule is CCCCCCCCCCCCCC(=O)OCOC(=O)C1=CCS[C@@H]2C(NC(=O)/C(=N\OC)c3csc(N)n3)C(=O)N12. The van der Waals surface area contributed by atoms with E-state index in [1.807, 2.05) is 0 Å². The second kappa shape index (κ2) is 17.7. The third-order valence-electron chi connectivity index (χ3n) is 6.90. The molecule has 3 heterocycles. The van der Waals surface area contributed by atoms with Gasteiger partial charge >= 0.3 is 11.9 Å². The lowest BCUT2D eigenvalue weighted by molar-refractivity contribution is -0.168. The first-order chi connectivity index (χ1) is 20.4. The molecule has 1 saturated heterocycles. The van der Waals surface area contributed by atoms with Crippen molar-refractivity contribution < 1.29 is 33.5 Å². The first kappa shape index (κ1) is 33.4. The molecule has 2 amide bonds. The van der Waals surface area contributed by atoms with Gasteiger partial charge in [0.25, 0.3) is 11.8 Å².